The van der Waals surface area contributed by atoms with Gasteiger partial charge in [0.05, 0.1) is 11.1 Å². The Kier molecular flexibility index (Phi) is 4.80. The van der Waals surface area contributed by atoms with Crippen LogP contribution in [-0.4, -0.2) is 30.9 Å². The summed E-state index contributed by atoms with van der Waals surface area (Å²) < 4.78 is 0. The molecule has 25 heavy (non-hydrogen) atoms. The standard InChI is InChI=1S/C16H20ClN5O3/c1-10-5-3-8-14(11(10)2)18-15-16(22(24)25)19-20(21(15)23)13-7-4-6-12(17)9-13/h4,6-7,9-11,14,23H,3,5,8H2,1-2H3/t10-,11-,14+/m1/s1. The molecule has 1 aromatic carbocycles. The quantitative estimate of drug-likeness (QED) is 0.513. The Bertz CT molecular complexity index is 860. The summed E-state index contributed by atoms with van der Waals surface area (Å²) in [5.41, 5.74) is 0.264. The van der Waals surface area contributed by atoms with Crippen LogP contribution in [-0.2, 0) is 0 Å². The highest BCUT2D eigenvalue weighted by molar-refractivity contribution is 6.30. The molecule has 0 aliphatic heterocycles. The number of aromatic nitrogens is 3. The maximum Gasteiger partial charge on any atom is 0.438 e. The molecule has 1 aliphatic carbocycles. The Hall–Kier alpha value is -2.35. The Labute approximate surface area is 149 Å². The third kappa shape index (κ3) is 3.39. The van der Waals surface area contributed by atoms with Crippen molar-refractivity contribution in [3.8, 4) is 5.69 Å². The zero-order valence-corrected chi connectivity index (χ0v) is 14.8. The maximum atomic E-state index is 11.4. The largest absolute Gasteiger partial charge is 0.438 e. The van der Waals surface area contributed by atoms with Crippen LogP contribution in [0.15, 0.2) is 29.3 Å². The summed E-state index contributed by atoms with van der Waals surface area (Å²) in [4.78, 5) is 16.9. The molecule has 1 aromatic heterocycles. The van der Waals surface area contributed by atoms with E-state index in [1.54, 1.807) is 24.3 Å². The number of rotatable bonds is 3. The van der Waals surface area contributed by atoms with Crippen molar-refractivity contribution in [2.45, 2.75) is 39.2 Å². The van der Waals surface area contributed by atoms with Crippen molar-refractivity contribution in [2.75, 3.05) is 0 Å². The number of nitrogens with zero attached hydrogens (tertiary/aromatic N) is 5. The van der Waals surface area contributed by atoms with Crippen LogP contribution in [0.3, 0.4) is 0 Å². The molecule has 0 unspecified atom stereocenters. The van der Waals surface area contributed by atoms with E-state index >= 15 is 0 Å². The number of hydrogen-bond donors (Lipinski definition) is 1. The van der Waals surface area contributed by atoms with Gasteiger partial charge in [0.2, 0.25) is 0 Å². The molecular weight excluding hydrogens is 346 g/mol. The molecule has 0 amide bonds. The normalized spacial score (nSPS) is 24.4. The Morgan fingerprint density at radius 1 is 1.40 bits per heavy atom. The molecule has 0 bridgehead atoms. The smallest absolute Gasteiger partial charge is 0.409 e. The van der Waals surface area contributed by atoms with E-state index in [9.17, 15) is 15.3 Å². The molecule has 1 heterocycles. The van der Waals surface area contributed by atoms with Crippen LogP contribution in [0.5, 0.6) is 0 Å². The van der Waals surface area contributed by atoms with Gasteiger partial charge in [-0.3, -0.25) is 4.99 Å². The van der Waals surface area contributed by atoms with Gasteiger partial charge in [-0.2, -0.15) is 0 Å². The first kappa shape index (κ1) is 17.5. The lowest BCUT2D eigenvalue weighted by atomic mass is 9.78. The molecule has 1 fully saturated rings. The van der Waals surface area contributed by atoms with Gasteiger partial charge in [-0.05, 0) is 46.2 Å². The van der Waals surface area contributed by atoms with E-state index in [0.717, 1.165) is 24.1 Å². The third-order valence-corrected chi connectivity index (χ3v) is 5.16. The topological polar surface area (TPSA) is 98.5 Å². The lowest BCUT2D eigenvalue weighted by Crippen LogP contribution is -2.32. The predicted molar refractivity (Wildman–Crippen MR) is 91.9 cm³/mol. The number of nitro groups is 1. The average Bonchev–Trinajstić information content (AvgIpc) is 2.89. The van der Waals surface area contributed by atoms with Crippen LogP contribution < -0.4 is 5.49 Å². The molecule has 0 saturated heterocycles. The van der Waals surface area contributed by atoms with Crippen molar-refractivity contribution in [1.82, 2.24) is 14.7 Å². The van der Waals surface area contributed by atoms with Crippen molar-refractivity contribution >= 4 is 17.4 Å². The molecule has 134 valence electrons. The van der Waals surface area contributed by atoms with Crippen LogP contribution in [0.25, 0.3) is 5.69 Å². The van der Waals surface area contributed by atoms with Crippen LogP contribution in [0.4, 0.5) is 5.82 Å². The highest BCUT2D eigenvalue weighted by Gasteiger charge is 2.30. The fourth-order valence-electron chi connectivity index (χ4n) is 3.24. The SMILES string of the molecule is C[C@@H]1[C@H](C)CCC[C@@H]1N=c1c([N+](=O)[O-])nn(-c2cccc(Cl)c2)n1O. The van der Waals surface area contributed by atoms with E-state index in [1.807, 2.05) is 0 Å². The molecule has 9 heteroatoms. The monoisotopic (exact) mass is 365 g/mol. The molecule has 8 nitrogen and oxygen atoms in total. The first-order valence-corrected chi connectivity index (χ1v) is 8.62. The van der Waals surface area contributed by atoms with Crippen molar-refractivity contribution in [3.63, 3.8) is 0 Å². The first-order valence-electron chi connectivity index (χ1n) is 8.24. The summed E-state index contributed by atoms with van der Waals surface area (Å²) in [6.45, 7) is 4.25. The molecule has 1 aliphatic rings. The van der Waals surface area contributed by atoms with Gasteiger partial charge in [0, 0.05) is 5.02 Å². The van der Waals surface area contributed by atoms with Gasteiger partial charge in [0.15, 0.2) is 0 Å². The van der Waals surface area contributed by atoms with Gasteiger partial charge >= 0.3 is 5.82 Å². The molecule has 0 spiro atoms. The van der Waals surface area contributed by atoms with E-state index in [4.69, 9.17) is 11.6 Å². The Morgan fingerprint density at radius 3 is 2.84 bits per heavy atom. The highest BCUT2D eigenvalue weighted by atomic mass is 35.5. The molecule has 2 aromatic rings. The average molecular weight is 366 g/mol. The van der Waals surface area contributed by atoms with E-state index < -0.39 is 10.7 Å². The third-order valence-electron chi connectivity index (χ3n) is 4.92. The fraction of sp³-hybridized carbons (Fsp3) is 0.500. The molecule has 3 rings (SSSR count). The number of hydrogen-bond acceptors (Lipinski definition) is 5. The summed E-state index contributed by atoms with van der Waals surface area (Å²) >= 11 is 5.96. The molecular formula is C16H20ClN5O3. The summed E-state index contributed by atoms with van der Waals surface area (Å²) in [7, 11) is 0. The van der Waals surface area contributed by atoms with Crippen LogP contribution in [0.1, 0.15) is 33.1 Å². The van der Waals surface area contributed by atoms with Gasteiger partial charge in [0.25, 0.3) is 5.49 Å². The molecule has 0 radical (unpaired) electrons. The Morgan fingerprint density at radius 2 is 2.16 bits per heavy atom. The minimum atomic E-state index is -0.635. The van der Waals surface area contributed by atoms with Crippen molar-refractivity contribution in [2.24, 2.45) is 16.8 Å². The van der Waals surface area contributed by atoms with E-state index in [2.05, 4.69) is 23.9 Å². The van der Waals surface area contributed by atoms with Crippen molar-refractivity contribution < 1.29 is 10.1 Å². The Balaban J connectivity index is 2.13. The minimum Gasteiger partial charge on any atom is -0.409 e. The van der Waals surface area contributed by atoms with Gasteiger partial charge in [-0.15, -0.1) is 0 Å². The summed E-state index contributed by atoms with van der Waals surface area (Å²) in [5, 5.41) is 26.2. The maximum absolute atomic E-state index is 11.4. The second-order valence-electron chi connectivity index (χ2n) is 6.53. The van der Waals surface area contributed by atoms with Gasteiger partial charge in [0.1, 0.15) is 5.69 Å². The van der Waals surface area contributed by atoms with E-state index in [0.29, 0.717) is 21.5 Å². The van der Waals surface area contributed by atoms with Gasteiger partial charge < -0.3 is 15.3 Å². The number of halogens is 1. The fourth-order valence-corrected chi connectivity index (χ4v) is 3.43. The molecule has 1 saturated carbocycles. The second kappa shape index (κ2) is 6.87. The van der Waals surface area contributed by atoms with Crippen LogP contribution in [0.2, 0.25) is 5.02 Å². The van der Waals surface area contributed by atoms with Gasteiger partial charge in [-0.1, -0.05) is 49.2 Å². The molecule has 3 atom stereocenters. The summed E-state index contributed by atoms with van der Waals surface area (Å²) in [5.74, 6) is 0.285. The second-order valence-corrected chi connectivity index (χ2v) is 6.96. The van der Waals surface area contributed by atoms with E-state index in [1.165, 1.54) is 0 Å². The van der Waals surface area contributed by atoms with Crippen molar-refractivity contribution in [1.29, 1.82) is 0 Å². The summed E-state index contributed by atoms with van der Waals surface area (Å²) in [6.07, 6.45) is 2.97. The minimum absolute atomic E-state index is 0.0853. The van der Waals surface area contributed by atoms with Crippen molar-refractivity contribution in [3.05, 3.63) is 44.9 Å². The zero-order chi connectivity index (χ0) is 18.1. The first-order chi connectivity index (χ1) is 11.9. The summed E-state index contributed by atoms with van der Waals surface area (Å²) in [6, 6.07) is 6.45. The number of benzene rings is 1. The van der Waals surface area contributed by atoms with E-state index in [-0.39, 0.29) is 17.4 Å². The predicted octanol–water partition coefficient (Wildman–Crippen LogP) is 3.20. The zero-order valence-electron chi connectivity index (χ0n) is 14.0. The highest BCUT2D eigenvalue weighted by Crippen LogP contribution is 2.31. The lowest BCUT2D eigenvalue weighted by molar-refractivity contribution is -0.391. The van der Waals surface area contributed by atoms with Gasteiger partial charge in [-0.25, -0.2) is 0 Å². The van der Waals surface area contributed by atoms with Crippen LogP contribution >= 0.6 is 11.6 Å². The van der Waals surface area contributed by atoms with Crippen LogP contribution in [0, 0.1) is 22.0 Å². The lowest BCUT2D eigenvalue weighted by Gasteiger charge is -2.31. The molecule has 1 N–H and O–H groups in total.